The molecule has 0 atom stereocenters. The van der Waals surface area contributed by atoms with Crippen molar-refractivity contribution in [3.63, 3.8) is 0 Å². The molecule has 0 aliphatic heterocycles. The van der Waals surface area contributed by atoms with Gasteiger partial charge in [-0.15, -0.1) is 0 Å². The number of hydrogen-bond acceptors (Lipinski definition) is 5. The number of nitrogens with one attached hydrogen (secondary N) is 1. The molecule has 0 aliphatic carbocycles. The molecule has 33 heavy (non-hydrogen) atoms. The van der Waals surface area contributed by atoms with E-state index < -0.39 is 22.5 Å². The van der Waals surface area contributed by atoms with Crippen molar-refractivity contribution in [2.75, 3.05) is 23.7 Å². The van der Waals surface area contributed by atoms with Gasteiger partial charge in [-0.3, -0.25) is 9.10 Å². The number of hydrogen-bond donors (Lipinski definition) is 1. The fourth-order valence-electron chi connectivity index (χ4n) is 3.51. The molecule has 9 heteroatoms. The molecule has 0 fully saturated rings. The lowest BCUT2D eigenvalue weighted by atomic mass is 10.2. The van der Waals surface area contributed by atoms with E-state index in [0.29, 0.717) is 18.0 Å². The van der Waals surface area contributed by atoms with E-state index in [9.17, 15) is 13.2 Å². The van der Waals surface area contributed by atoms with Gasteiger partial charge in [-0.05, 0) is 63.2 Å². The third-order valence-corrected chi connectivity index (χ3v) is 6.14. The molecule has 1 aromatic heterocycles. The van der Waals surface area contributed by atoms with Crippen LogP contribution in [0.15, 0.2) is 65.8 Å². The van der Waals surface area contributed by atoms with Crippen LogP contribution in [0, 0.1) is 13.8 Å². The van der Waals surface area contributed by atoms with Crippen molar-refractivity contribution in [1.29, 1.82) is 0 Å². The zero-order chi connectivity index (χ0) is 24.0. The summed E-state index contributed by atoms with van der Waals surface area (Å²) in [6.45, 7) is 5.94. The molecule has 3 aromatic rings. The van der Waals surface area contributed by atoms with Gasteiger partial charge in [-0.25, -0.2) is 13.8 Å². The van der Waals surface area contributed by atoms with Gasteiger partial charge in [-0.1, -0.05) is 18.2 Å². The number of hydrazone groups is 1. The van der Waals surface area contributed by atoms with E-state index in [0.717, 1.165) is 33.2 Å². The summed E-state index contributed by atoms with van der Waals surface area (Å²) < 4.78 is 33.0. The van der Waals surface area contributed by atoms with Crippen molar-refractivity contribution >= 4 is 27.8 Å². The first-order valence-corrected chi connectivity index (χ1v) is 12.3. The summed E-state index contributed by atoms with van der Waals surface area (Å²) in [5, 5.41) is 4.04. The largest absolute Gasteiger partial charge is 0.494 e. The van der Waals surface area contributed by atoms with Gasteiger partial charge in [0.05, 0.1) is 24.8 Å². The molecule has 0 spiro atoms. The van der Waals surface area contributed by atoms with Crippen molar-refractivity contribution in [3.8, 4) is 11.4 Å². The van der Waals surface area contributed by atoms with E-state index in [2.05, 4.69) is 15.1 Å². The minimum Gasteiger partial charge on any atom is -0.494 e. The highest BCUT2D eigenvalue weighted by Crippen LogP contribution is 2.22. The Kier molecular flexibility index (Phi) is 7.55. The van der Waals surface area contributed by atoms with Crippen LogP contribution in [-0.2, 0) is 14.8 Å². The lowest BCUT2D eigenvalue weighted by molar-refractivity contribution is -0.119. The summed E-state index contributed by atoms with van der Waals surface area (Å²) in [6.07, 6.45) is 2.61. The van der Waals surface area contributed by atoms with E-state index in [4.69, 9.17) is 4.74 Å². The maximum atomic E-state index is 12.5. The number of carbonyl (C=O) groups is 1. The van der Waals surface area contributed by atoms with Crippen molar-refractivity contribution in [2.24, 2.45) is 5.10 Å². The molecule has 3 rings (SSSR count). The topological polar surface area (TPSA) is 93.0 Å². The maximum absolute atomic E-state index is 12.5. The Morgan fingerprint density at radius 3 is 2.39 bits per heavy atom. The average Bonchev–Trinajstić information content (AvgIpc) is 3.06. The molecule has 1 amide bonds. The lowest BCUT2D eigenvalue weighted by Gasteiger charge is -2.21. The van der Waals surface area contributed by atoms with Crippen LogP contribution >= 0.6 is 0 Å². The van der Waals surface area contributed by atoms with E-state index in [-0.39, 0.29) is 0 Å². The molecule has 2 aromatic carbocycles. The monoisotopic (exact) mass is 468 g/mol. The third-order valence-electron chi connectivity index (χ3n) is 5.00. The first kappa shape index (κ1) is 24.1. The van der Waals surface area contributed by atoms with Crippen LogP contribution in [0.5, 0.6) is 5.75 Å². The molecular formula is C24H28N4O4S. The molecule has 0 aliphatic rings. The maximum Gasteiger partial charge on any atom is 0.260 e. The number of carbonyl (C=O) groups excluding carboxylic acids is 1. The summed E-state index contributed by atoms with van der Waals surface area (Å²) >= 11 is 0. The normalized spacial score (nSPS) is 11.5. The highest BCUT2D eigenvalue weighted by molar-refractivity contribution is 7.92. The highest BCUT2D eigenvalue weighted by Gasteiger charge is 2.21. The van der Waals surface area contributed by atoms with Gasteiger partial charge < -0.3 is 9.30 Å². The summed E-state index contributed by atoms with van der Waals surface area (Å²) in [5.41, 5.74) is 6.68. The van der Waals surface area contributed by atoms with Crippen molar-refractivity contribution in [3.05, 3.63) is 77.6 Å². The van der Waals surface area contributed by atoms with Crippen LogP contribution in [0.25, 0.3) is 5.69 Å². The Labute approximate surface area is 194 Å². The summed E-state index contributed by atoms with van der Waals surface area (Å²) in [7, 11) is -3.68. The lowest BCUT2D eigenvalue weighted by Crippen LogP contribution is -2.39. The molecule has 8 nitrogen and oxygen atoms in total. The molecule has 1 heterocycles. The molecule has 174 valence electrons. The second-order valence-electron chi connectivity index (χ2n) is 7.49. The Balaban J connectivity index is 1.71. The Morgan fingerprint density at radius 2 is 1.79 bits per heavy atom. The van der Waals surface area contributed by atoms with E-state index in [1.165, 1.54) is 0 Å². The van der Waals surface area contributed by atoms with Crippen LogP contribution in [0.3, 0.4) is 0 Å². The third kappa shape index (κ3) is 6.01. The predicted octanol–water partition coefficient (Wildman–Crippen LogP) is 3.41. The number of nitrogens with zero attached hydrogens (tertiary/aromatic N) is 3. The summed E-state index contributed by atoms with van der Waals surface area (Å²) in [5.74, 6) is 0.0688. The number of aromatic nitrogens is 1. The van der Waals surface area contributed by atoms with Crippen molar-refractivity contribution < 1.29 is 17.9 Å². The Morgan fingerprint density at radius 1 is 1.12 bits per heavy atom. The molecule has 0 saturated heterocycles. The van der Waals surface area contributed by atoms with Gasteiger partial charge in [-0.2, -0.15) is 5.10 Å². The Bertz CT molecular complexity index is 1230. The van der Waals surface area contributed by atoms with Gasteiger partial charge in [0.2, 0.25) is 10.0 Å². The number of aryl methyl sites for hydroxylation is 1. The van der Waals surface area contributed by atoms with E-state index >= 15 is 0 Å². The van der Waals surface area contributed by atoms with Crippen molar-refractivity contribution in [1.82, 2.24) is 9.99 Å². The summed E-state index contributed by atoms with van der Waals surface area (Å²) in [4.78, 5) is 12.5. The number of amides is 1. The highest BCUT2D eigenvalue weighted by atomic mass is 32.2. The molecule has 1 N–H and O–H groups in total. The first-order valence-electron chi connectivity index (χ1n) is 10.5. The van der Waals surface area contributed by atoms with Crippen LogP contribution < -0.4 is 14.5 Å². The van der Waals surface area contributed by atoms with Gasteiger partial charge in [0.1, 0.15) is 12.3 Å². The second-order valence-corrected chi connectivity index (χ2v) is 9.39. The van der Waals surface area contributed by atoms with E-state index in [1.54, 1.807) is 30.5 Å². The standard InChI is InChI=1S/C24H28N4O4S/c1-5-32-23-13-11-21(12-14-23)27(33(4,30)31)17-24(29)26-25-16-20-15-18(2)28(19(20)3)22-9-7-6-8-10-22/h6-16H,5,17H2,1-4H3,(H,26,29)/b25-16-. The second kappa shape index (κ2) is 10.4. The Hall–Kier alpha value is -3.59. The van der Waals surface area contributed by atoms with Gasteiger partial charge in [0, 0.05) is 22.6 Å². The number of para-hydroxylation sites is 1. The number of ether oxygens (including phenoxy) is 1. The average molecular weight is 469 g/mol. The fourth-order valence-corrected chi connectivity index (χ4v) is 4.36. The van der Waals surface area contributed by atoms with Crippen LogP contribution in [0.4, 0.5) is 5.69 Å². The minimum absolute atomic E-state index is 0.367. The molecule has 0 saturated carbocycles. The molecule has 0 bridgehead atoms. The predicted molar refractivity (Wildman–Crippen MR) is 131 cm³/mol. The van der Waals surface area contributed by atoms with Gasteiger partial charge in [0.15, 0.2) is 0 Å². The quantitative estimate of drug-likeness (QED) is 0.385. The summed E-state index contributed by atoms with van der Waals surface area (Å²) in [6, 6.07) is 18.4. The van der Waals surface area contributed by atoms with Gasteiger partial charge in [0.25, 0.3) is 5.91 Å². The molecule has 0 unspecified atom stereocenters. The number of sulfonamides is 1. The van der Waals surface area contributed by atoms with E-state index in [1.807, 2.05) is 57.2 Å². The number of anilines is 1. The molecule has 0 radical (unpaired) electrons. The van der Waals surface area contributed by atoms with Crippen LogP contribution in [-0.4, -0.2) is 44.5 Å². The minimum atomic E-state index is -3.68. The molecular weight excluding hydrogens is 440 g/mol. The van der Waals surface area contributed by atoms with Crippen LogP contribution in [0.2, 0.25) is 0 Å². The SMILES string of the molecule is CCOc1ccc(N(CC(=O)N/N=C\c2cc(C)n(-c3ccccc3)c2C)S(C)(=O)=O)cc1. The first-order chi connectivity index (χ1) is 15.7. The zero-order valence-corrected chi connectivity index (χ0v) is 20.0. The fraction of sp³-hybridized carbons (Fsp3) is 0.250. The smallest absolute Gasteiger partial charge is 0.260 e. The number of benzene rings is 2. The zero-order valence-electron chi connectivity index (χ0n) is 19.1. The van der Waals surface area contributed by atoms with Crippen LogP contribution in [0.1, 0.15) is 23.9 Å². The van der Waals surface area contributed by atoms with Crippen molar-refractivity contribution in [2.45, 2.75) is 20.8 Å². The van der Waals surface area contributed by atoms with Gasteiger partial charge >= 0.3 is 0 Å². The number of rotatable bonds is 9.